The first-order valence-electron chi connectivity index (χ1n) is 7.36. The van der Waals surface area contributed by atoms with Crippen molar-refractivity contribution in [2.45, 2.75) is 51.1 Å². The van der Waals surface area contributed by atoms with Crippen LogP contribution in [0.15, 0.2) is 0 Å². The second-order valence-electron chi connectivity index (χ2n) is 6.05. The molecule has 2 rings (SSSR count). The van der Waals surface area contributed by atoms with Crippen molar-refractivity contribution >= 4 is 0 Å². The Morgan fingerprint density at radius 1 is 1.18 bits per heavy atom. The molecular formula is C14H29N3. The zero-order valence-corrected chi connectivity index (χ0v) is 11.6. The minimum Gasteiger partial charge on any atom is -0.329 e. The quantitative estimate of drug-likeness (QED) is 0.811. The molecule has 1 heterocycles. The summed E-state index contributed by atoms with van der Waals surface area (Å²) < 4.78 is 0. The molecule has 0 spiro atoms. The van der Waals surface area contributed by atoms with Crippen LogP contribution >= 0.6 is 0 Å². The van der Waals surface area contributed by atoms with E-state index in [1.807, 2.05) is 0 Å². The lowest BCUT2D eigenvalue weighted by atomic mass is 9.95. The molecule has 3 nitrogen and oxygen atoms in total. The van der Waals surface area contributed by atoms with E-state index in [1.165, 1.54) is 51.7 Å². The van der Waals surface area contributed by atoms with Crippen LogP contribution in [0.4, 0.5) is 0 Å². The molecule has 2 N–H and O–H groups in total. The molecule has 1 saturated heterocycles. The van der Waals surface area contributed by atoms with Crippen LogP contribution in [-0.2, 0) is 0 Å². The van der Waals surface area contributed by atoms with Gasteiger partial charge in [-0.25, -0.2) is 0 Å². The van der Waals surface area contributed by atoms with Crippen molar-refractivity contribution in [2.75, 3.05) is 33.2 Å². The van der Waals surface area contributed by atoms with E-state index >= 15 is 0 Å². The summed E-state index contributed by atoms with van der Waals surface area (Å²) in [7, 11) is 2.24. The van der Waals surface area contributed by atoms with Crippen molar-refractivity contribution in [3.8, 4) is 0 Å². The molecule has 1 aliphatic carbocycles. The monoisotopic (exact) mass is 239 g/mol. The Bertz CT molecular complexity index is 226. The van der Waals surface area contributed by atoms with Gasteiger partial charge in [0.15, 0.2) is 0 Å². The van der Waals surface area contributed by atoms with Crippen molar-refractivity contribution in [1.29, 1.82) is 0 Å². The van der Waals surface area contributed by atoms with Gasteiger partial charge in [0.2, 0.25) is 0 Å². The summed E-state index contributed by atoms with van der Waals surface area (Å²) in [6, 6.07) is 1.30. The predicted octanol–water partition coefficient (Wildman–Crippen LogP) is 1.53. The maximum absolute atomic E-state index is 6.08. The van der Waals surface area contributed by atoms with Crippen LogP contribution in [0.5, 0.6) is 0 Å². The number of nitrogens with two attached hydrogens (primary N) is 1. The van der Waals surface area contributed by atoms with Crippen LogP contribution in [0.25, 0.3) is 0 Å². The molecule has 2 aliphatic rings. The highest BCUT2D eigenvalue weighted by Gasteiger charge is 2.32. The van der Waals surface area contributed by atoms with Gasteiger partial charge in [-0.15, -0.1) is 0 Å². The Morgan fingerprint density at radius 3 is 2.53 bits per heavy atom. The van der Waals surface area contributed by atoms with Gasteiger partial charge >= 0.3 is 0 Å². The molecule has 3 heteroatoms. The number of likely N-dealkylation sites (N-methyl/N-ethyl adjacent to an activating group) is 1. The zero-order chi connectivity index (χ0) is 12.3. The van der Waals surface area contributed by atoms with Gasteiger partial charge in [0.1, 0.15) is 0 Å². The Balaban J connectivity index is 2.01. The fourth-order valence-corrected chi connectivity index (χ4v) is 3.82. The first kappa shape index (κ1) is 13.3. The summed E-state index contributed by atoms with van der Waals surface area (Å²) in [5, 5.41) is 0. The third kappa shape index (κ3) is 3.21. The summed E-state index contributed by atoms with van der Waals surface area (Å²) in [5.41, 5.74) is 6.08. The summed E-state index contributed by atoms with van der Waals surface area (Å²) in [5.74, 6) is 0.867. The molecule has 1 aliphatic heterocycles. The Morgan fingerprint density at radius 2 is 1.88 bits per heavy atom. The first-order chi connectivity index (χ1) is 8.22. The van der Waals surface area contributed by atoms with Crippen molar-refractivity contribution in [3.63, 3.8) is 0 Å². The van der Waals surface area contributed by atoms with Crippen LogP contribution in [0.1, 0.15) is 39.0 Å². The smallest absolute Gasteiger partial charge is 0.0249 e. The normalized spacial score (nSPS) is 31.6. The van der Waals surface area contributed by atoms with Crippen LogP contribution in [0.2, 0.25) is 0 Å². The Hall–Kier alpha value is -0.120. The van der Waals surface area contributed by atoms with Gasteiger partial charge in [-0.3, -0.25) is 4.90 Å². The van der Waals surface area contributed by atoms with Crippen molar-refractivity contribution in [2.24, 2.45) is 11.7 Å². The molecule has 0 amide bonds. The molecule has 1 saturated carbocycles. The van der Waals surface area contributed by atoms with E-state index in [-0.39, 0.29) is 0 Å². The SMILES string of the molecule is CC1CN(C)CCCN1C(CN)C1CCCC1. The van der Waals surface area contributed by atoms with E-state index in [0.29, 0.717) is 12.1 Å². The number of rotatable bonds is 3. The highest BCUT2D eigenvalue weighted by molar-refractivity contribution is 4.88. The van der Waals surface area contributed by atoms with E-state index < -0.39 is 0 Å². The lowest BCUT2D eigenvalue weighted by molar-refractivity contribution is 0.105. The highest BCUT2D eigenvalue weighted by Crippen LogP contribution is 2.31. The molecule has 0 radical (unpaired) electrons. The molecule has 2 fully saturated rings. The number of hydrogen-bond acceptors (Lipinski definition) is 3. The van der Waals surface area contributed by atoms with Crippen molar-refractivity contribution in [3.05, 3.63) is 0 Å². The average Bonchev–Trinajstić information content (AvgIpc) is 2.75. The topological polar surface area (TPSA) is 32.5 Å². The third-order valence-electron chi connectivity index (χ3n) is 4.71. The van der Waals surface area contributed by atoms with Crippen LogP contribution in [0.3, 0.4) is 0 Å². The van der Waals surface area contributed by atoms with Gasteiger partial charge in [0.25, 0.3) is 0 Å². The fourth-order valence-electron chi connectivity index (χ4n) is 3.82. The molecule has 2 unspecified atom stereocenters. The minimum absolute atomic E-state index is 0.638. The highest BCUT2D eigenvalue weighted by atomic mass is 15.3. The molecule has 0 bridgehead atoms. The van der Waals surface area contributed by atoms with Crippen LogP contribution in [0, 0.1) is 5.92 Å². The second kappa shape index (κ2) is 6.17. The first-order valence-corrected chi connectivity index (χ1v) is 7.36. The van der Waals surface area contributed by atoms with Gasteiger partial charge in [-0.1, -0.05) is 12.8 Å². The minimum atomic E-state index is 0.638. The van der Waals surface area contributed by atoms with E-state index in [0.717, 1.165) is 12.5 Å². The molecule has 2 atom stereocenters. The summed E-state index contributed by atoms with van der Waals surface area (Å²) in [6.45, 7) is 6.90. The maximum Gasteiger partial charge on any atom is 0.0249 e. The lowest BCUT2D eigenvalue weighted by Gasteiger charge is -2.38. The van der Waals surface area contributed by atoms with Crippen molar-refractivity contribution < 1.29 is 0 Å². The maximum atomic E-state index is 6.08. The standard InChI is InChI=1S/C14H29N3/c1-12-11-16(2)8-5-9-17(12)14(10-15)13-6-3-4-7-13/h12-14H,3-11,15H2,1-2H3. The zero-order valence-electron chi connectivity index (χ0n) is 11.6. The van der Waals surface area contributed by atoms with Gasteiger partial charge in [-0.2, -0.15) is 0 Å². The van der Waals surface area contributed by atoms with Gasteiger partial charge in [-0.05, 0) is 45.7 Å². The van der Waals surface area contributed by atoms with E-state index in [1.54, 1.807) is 0 Å². The number of nitrogens with zero attached hydrogens (tertiary/aromatic N) is 2. The summed E-state index contributed by atoms with van der Waals surface area (Å²) in [4.78, 5) is 5.17. The largest absolute Gasteiger partial charge is 0.329 e. The van der Waals surface area contributed by atoms with E-state index in [4.69, 9.17) is 5.73 Å². The molecule has 0 aromatic rings. The van der Waals surface area contributed by atoms with Gasteiger partial charge in [0.05, 0.1) is 0 Å². The molecule has 0 aromatic carbocycles. The summed E-state index contributed by atoms with van der Waals surface area (Å²) in [6.07, 6.45) is 6.94. The molecule has 0 aromatic heterocycles. The molecule has 17 heavy (non-hydrogen) atoms. The number of hydrogen-bond donors (Lipinski definition) is 1. The third-order valence-corrected chi connectivity index (χ3v) is 4.71. The van der Waals surface area contributed by atoms with E-state index in [9.17, 15) is 0 Å². The fraction of sp³-hybridized carbons (Fsp3) is 1.00. The van der Waals surface area contributed by atoms with Gasteiger partial charge in [0, 0.05) is 31.7 Å². The molecule has 100 valence electrons. The Labute approximate surface area is 106 Å². The van der Waals surface area contributed by atoms with Crippen molar-refractivity contribution in [1.82, 2.24) is 9.80 Å². The average molecular weight is 239 g/mol. The van der Waals surface area contributed by atoms with E-state index in [2.05, 4.69) is 23.8 Å². The lowest BCUT2D eigenvalue weighted by Crippen LogP contribution is -2.50. The predicted molar refractivity (Wildman–Crippen MR) is 73.1 cm³/mol. The van der Waals surface area contributed by atoms with Crippen LogP contribution < -0.4 is 5.73 Å². The summed E-state index contributed by atoms with van der Waals surface area (Å²) >= 11 is 0. The Kier molecular flexibility index (Phi) is 4.83. The molecular weight excluding hydrogens is 210 g/mol. The van der Waals surface area contributed by atoms with Gasteiger partial charge < -0.3 is 10.6 Å². The van der Waals surface area contributed by atoms with Crippen LogP contribution in [-0.4, -0.2) is 55.1 Å². The second-order valence-corrected chi connectivity index (χ2v) is 6.05.